The standard InChI is InChI=1S/C15H15BrFNO/c1-10(18)11-3-2-4-14(8-11)19-9-12-7-13(16)5-6-15(12)17/h2-8,10H,9,18H2,1H3/t10-/m0/s1. The first kappa shape index (κ1) is 14.0. The molecular formula is C15H15BrFNO. The van der Waals surface area contributed by atoms with E-state index in [0.29, 0.717) is 11.3 Å². The Morgan fingerprint density at radius 3 is 2.79 bits per heavy atom. The highest BCUT2D eigenvalue weighted by Gasteiger charge is 2.05. The van der Waals surface area contributed by atoms with Gasteiger partial charge in [-0.25, -0.2) is 4.39 Å². The van der Waals surface area contributed by atoms with Crippen molar-refractivity contribution in [1.82, 2.24) is 0 Å². The van der Waals surface area contributed by atoms with Crippen LogP contribution in [0.5, 0.6) is 5.75 Å². The second-order valence-corrected chi connectivity index (χ2v) is 5.30. The van der Waals surface area contributed by atoms with E-state index in [9.17, 15) is 4.39 Å². The fourth-order valence-electron chi connectivity index (χ4n) is 1.70. The smallest absolute Gasteiger partial charge is 0.129 e. The van der Waals surface area contributed by atoms with Gasteiger partial charge in [-0.2, -0.15) is 0 Å². The molecular weight excluding hydrogens is 309 g/mol. The Balaban J connectivity index is 2.10. The van der Waals surface area contributed by atoms with Gasteiger partial charge in [-0.05, 0) is 42.8 Å². The molecule has 2 aromatic rings. The predicted molar refractivity (Wildman–Crippen MR) is 77.5 cm³/mol. The molecule has 0 saturated carbocycles. The van der Waals surface area contributed by atoms with E-state index in [0.717, 1.165) is 10.0 Å². The molecule has 100 valence electrons. The van der Waals surface area contributed by atoms with Crippen LogP contribution in [0.2, 0.25) is 0 Å². The Morgan fingerprint density at radius 1 is 1.26 bits per heavy atom. The SMILES string of the molecule is C[C@H](N)c1cccc(OCc2cc(Br)ccc2F)c1. The number of halogens is 2. The van der Waals surface area contributed by atoms with Gasteiger partial charge >= 0.3 is 0 Å². The Kier molecular flexibility index (Phi) is 4.56. The summed E-state index contributed by atoms with van der Waals surface area (Å²) >= 11 is 3.31. The van der Waals surface area contributed by atoms with E-state index < -0.39 is 0 Å². The van der Waals surface area contributed by atoms with E-state index in [1.165, 1.54) is 6.07 Å². The molecule has 0 saturated heterocycles. The third-order valence-electron chi connectivity index (χ3n) is 2.79. The summed E-state index contributed by atoms with van der Waals surface area (Å²) in [6.07, 6.45) is 0. The summed E-state index contributed by atoms with van der Waals surface area (Å²) in [5, 5.41) is 0. The zero-order valence-electron chi connectivity index (χ0n) is 10.6. The fourth-order valence-corrected chi connectivity index (χ4v) is 2.11. The van der Waals surface area contributed by atoms with Crippen LogP contribution in [0, 0.1) is 5.82 Å². The van der Waals surface area contributed by atoms with E-state index in [-0.39, 0.29) is 18.5 Å². The molecule has 0 aromatic heterocycles. The molecule has 4 heteroatoms. The molecule has 1 atom stereocenters. The van der Waals surface area contributed by atoms with Crippen LogP contribution in [0.1, 0.15) is 24.1 Å². The van der Waals surface area contributed by atoms with Gasteiger partial charge in [-0.1, -0.05) is 28.1 Å². The average Bonchev–Trinajstić information content (AvgIpc) is 2.40. The first-order valence-corrected chi connectivity index (χ1v) is 6.78. The lowest BCUT2D eigenvalue weighted by atomic mass is 10.1. The van der Waals surface area contributed by atoms with Crippen LogP contribution < -0.4 is 10.5 Å². The molecule has 0 heterocycles. The molecule has 2 aromatic carbocycles. The van der Waals surface area contributed by atoms with Gasteiger partial charge in [0.05, 0.1) is 0 Å². The fraction of sp³-hybridized carbons (Fsp3) is 0.200. The van der Waals surface area contributed by atoms with Gasteiger partial charge in [0.15, 0.2) is 0 Å². The van der Waals surface area contributed by atoms with Crippen LogP contribution in [-0.4, -0.2) is 0 Å². The van der Waals surface area contributed by atoms with Gasteiger partial charge < -0.3 is 10.5 Å². The summed E-state index contributed by atoms with van der Waals surface area (Å²) in [7, 11) is 0. The molecule has 0 bridgehead atoms. The van der Waals surface area contributed by atoms with Crippen molar-refractivity contribution in [3.63, 3.8) is 0 Å². The molecule has 2 N–H and O–H groups in total. The Bertz CT molecular complexity index is 572. The van der Waals surface area contributed by atoms with Crippen LogP contribution in [-0.2, 0) is 6.61 Å². The maximum absolute atomic E-state index is 13.6. The number of rotatable bonds is 4. The van der Waals surface area contributed by atoms with E-state index in [4.69, 9.17) is 10.5 Å². The molecule has 0 spiro atoms. The van der Waals surface area contributed by atoms with Gasteiger partial charge in [-0.3, -0.25) is 0 Å². The first-order chi connectivity index (χ1) is 9.06. The molecule has 0 aliphatic heterocycles. The zero-order chi connectivity index (χ0) is 13.8. The van der Waals surface area contributed by atoms with E-state index in [2.05, 4.69) is 15.9 Å². The van der Waals surface area contributed by atoms with Crippen LogP contribution in [0.25, 0.3) is 0 Å². The van der Waals surface area contributed by atoms with Crippen molar-refractivity contribution < 1.29 is 9.13 Å². The lowest BCUT2D eigenvalue weighted by Gasteiger charge is -2.10. The molecule has 19 heavy (non-hydrogen) atoms. The van der Waals surface area contributed by atoms with Crippen molar-refractivity contribution in [3.05, 3.63) is 63.9 Å². The molecule has 0 aliphatic carbocycles. The van der Waals surface area contributed by atoms with Gasteiger partial charge in [0.1, 0.15) is 18.2 Å². The van der Waals surface area contributed by atoms with Crippen LogP contribution in [0.15, 0.2) is 46.9 Å². The second kappa shape index (κ2) is 6.17. The van der Waals surface area contributed by atoms with Crippen LogP contribution in [0.4, 0.5) is 4.39 Å². The Labute approximate surface area is 120 Å². The van der Waals surface area contributed by atoms with Gasteiger partial charge in [0.2, 0.25) is 0 Å². The van der Waals surface area contributed by atoms with Gasteiger partial charge in [0, 0.05) is 16.1 Å². The number of ether oxygens (including phenoxy) is 1. The first-order valence-electron chi connectivity index (χ1n) is 5.98. The highest BCUT2D eigenvalue weighted by atomic mass is 79.9. The summed E-state index contributed by atoms with van der Waals surface area (Å²) in [6.45, 7) is 2.10. The van der Waals surface area contributed by atoms with E-state index >= 15 is 0 Å². The molecule has 2 nitrogen and oxygen atoms in total. The molecule has 0 fully saturated rings. The molecule has 0 amide bonds. The largest absolute Gasteiger partial charge is 0.489 e. The van der Waals surface area contributed by atoms with Crippen LogP contribution >= 0.6 is 15.9 Å². The summed E-state index contributed by atoms with van der Waals surface area (Å²) < 4.78 is 20.0. The van der Waals surface area contributed by atoms with Crippen molar-refractivity contribution in [2.45, 2.75) is 19.6 Å². The molecule has 2 rings (SSSR count). The second-order valence-electron chi connectivity index (χ2n) is 4.39. The number of hydrogen-bond acceptors (Lipinski definition) is 2. The third kappa shape index (κ3) is 3.78. The minimum Gasteiger partial charge on any atom is -0.489 e. The van der Waals surface area contributed by atoms with Gasteiger partial charge in [0.25, 0.3) is 0 Å². The number of nitrogens with two attached hydrogens (primary N) is 1. The van der Waals surface area contributed by atoms with Gasteiger partial charge in [-0.15, -0.1) is 0 Å². The summed E-state index contributed by atoms with van der Waals surface area (Å²) in [6, 6.07) is 12.3. The molecule has 0 unspecified atom stereocenters. The molecule has 0 radical (unpaired) electrons. The minimum atomic E-state index is -0.272. The van der Waals surface area contributed by atoms with Crippen molar-refractivity contribution in [2.75, 3.05) is 0 Å². The minimum absolute atomic E-state index is 0.0499. The highest BCUT2D eigenvalue weighted by molar-refractivity contribution is 9.10. The average molecular weight is 324 g/mol. The van der Waals surface area contributed by atoms with Crippen molar-refractivity contribution in [3.8, 4) is 5.75 Å². The maximum Gasteiger partial charge on any atom is 0.129 e. The third-order valence-corrected chi connectivity index (χ3v) is 3.28. The normalized spacial score (nSPS) is 12.2. The quantitative estimate of drug-likeness (QED) is 0.915. The lowest BCUT2D eigenvalue weighted by Crippen LogP contribution is -2.05. The Morgan fingerprint density at radius 2 is 2.05 bits per heavy atom. The maximum atomic E-state index is 13.6. The topological polar surface area (TPSA) is 35.2 Å². The predicted octanol–water partition coefficient (Wildman–Crippen LogP) is 4.19. The molecule has 0 aliphatic rings. The zero-order valence-corrected chi connectivity index (χ0v) is 12.2. The summed E-state index contributed by atoms with van der Waals surface area (Å²) in [5.41, 5.74) is 7.32. The van der Waals surface area contributed by atoms with E-state index in [1.807, 2.05) is 31.2 Å². The monoisotopic (exact) mass is 323 g/mol. The highest BCUT2D eigenvalue weighted by Crippen LogP contribution is 2.21. The number of benzene rings is 2. The number of hydrogen-bond donors (Lipinski definition) is 1. The van der Waals surface area contributed by atoms with Crippen LogP contribution in [0.3, 0.4) is 0 Å². The van der Waals surface area contributed by atoms with Crippen molar-refractivity contribution in [1.29, 1.82) is 0 Å². The van der Waals surface area contributed by atoms with Crippen molar-refractivity contribution in [2.24, 2.45) is 5.73 Å². The lowest BCUT2D eigenvalue weighted by molar-refractivity contribution is 0.299. The van der Waals surface area contributed by atoms with Crippen molar-refractivity contribution >= 4 is 15.9 Å². The van der Waals surface area contributed by atoms with E-state index in [1.54, 1.807) is 12.1 Å². The summed E-state index contributed by atoms with van der Waals surface area (Å²) in [4.78, 5) is 0. The summed E-state index contributed by atoms with van der Waals surface area (Å²) in [5.74, 6) is 0.417. The Hall–Kier alpha value is -1.39.